The normalized spacial score (nSPS) is 11.9. The first-order valence-corrected chi connectivity index (χ1v) is 6.49. The van der Waals surface area contributed by atoms with Gasteiger partial charge in [-0.3, -0.25) is 9.78 Å². The summed E-state index contributed by atoms with van der Waals surface area (Å²) < 4.78 is 0. The number of nitrogens with zero attached hydrogens (tertiary/aromatic N) is 2. The summed E-state index contributed by atoms with van der Waals surface area (Å²) in [6, 6.07) is 6.62. The summed E-state index contributed by atoms with van der Waals surface area (Å²) in [5, 5.41) is 12.5. The number of rotatable bonds is 4. The number of carbonyl (C=O) groups excluding carboxylic acids is 1. The van der Waals surface area contributed by atoms with Crippen molar-refractivity contribution in [3.05, 3.63) is 53.6 Å². The molecule has 2 rings (SSSR count). The predicted molar refractivity (Wildman–Crippen MR) is 75.4 cm³/mol. The second kappa shape index (κ2) is 6.14. The molecule has 5 nitrogen and oxygen atoms in total. The van der Waals surface area contributed by atoms with Crippen LogP contribution in [0, 0.1) is 6.92 Å². The summed E-state index contributed by atoms with van der Waals surface area (Å²) in [6.45, 7) is 3.92. The van der Waals surface area contributed by atoms with Crippen LogP contribution in [0.1, 0.15) is 41.1 Å². The Hall–Kier alpha value is -2.43. The molecule has 2 N–H and O–H groups in total. The molecule has 1 atom stereocenters. The second-order valence-electron chi connectivity index (χ2n) is 4.51. The Morgan fingerprint density at radius 3 is 2.65 bits per heavy atom. The van der Waals surface area contributed by atoms with E-state index < -0.39 is 5.91 Å². The zero-order chi connectivity index (χ0) is 14.5. The number of hydrogen-bond donors (Lipinski definition) is 2. The third-order valence-corrected chi connectivity index (χ3v) is 3.10. The Labute approximate surface area is 117 Å². The molecular formula is C15H17N3O2. The van der Waals surface area contributed by atoms with E-state index in [1.54, 1.807) is 12.3 Å². The lowest BCUT2D eigenvalue weighted by molar-refractivity contribution is 0.0926. The molecular weight excluding hydrogens is 254 g/mol. The van der Waals surface area contributed by atoms with Crippen LogP contribution in [-0.4, -0.2) is 21.0 Å². The van der Waals surface area contributed by atoms with Crippen LogP contribution >= 0.6 is 0 Å². The summed E-state index contributed by atoms with van der Waals surface area (Å²) >= 11 is 0. The van der Waals surface area contributed by atoms with Gasteiger partial charge in [0.05, 0.1) is 11.7 Å². The van der Waals surface area contributed by atoms with E-state index in [1.165, 1.54) is 12.3 Å². The molecule has 0 fully saturated rings. The molecule has 2 heterocycles. The summed E-state index contributed by atoms with van der Waals surface area (Å²) in [5.41, 5.74) is 1.88. The van der Waals surface area contributed by atoms with Crippen LogP contribution in [-0.2, 0) is 0 Å². The highest BCUT2D eigenvalue weighted by molar-refractivity contribution is 5.94. The van der Waals surface area contributed by atoms with Crippen molar-refractivity contribution >= 4 is 5.91 Å². The maximum absolute atomic E-state index is 12.2. The number of amides is 1. The molecule has 0 aliphatic heterocycles. The van der Waals surface area contributed by atoms with E-state index in [0.29, 0.717) is 6.42 Å². The van der Waals surface area contributed by atoms with E-state index in [4.69, 9.17) is 0 Å². The largest absolute Gasteiger partial charge is 0.505 e. The van der Waals surface area contributed by atoms with E-state index in [-0.39, 0.29) is 17.5 Å². The van der Waals surface area contributed by atoms with Gasteiger partial charge in [0, 0.05) is 12.4 Å². The van der Waals surface area contributed by atoms with Crippen LogP contribution in [0.25, 0.3) is 0 Å². The Balaban J connectivity index is 2.21. The highest BCUT2D eigenvalue weighted by Crippen LogP contribution is 2.19. The maximum atomic E-state index is 12.2. The van der Waals surface area contributed by atoms with Gasteiger partial charge in [0.25, 0.3) is 5.91 Å². The average Bonchev–Trinajstić information content (AvgIpc) is 2.46. The minimum Gasteiger partial charge on any atom is -0.505 e. The first-order chi connectivity index (χ1) is 9.63. The van der Waals surface area contributed by atoms with Crippen LogP contribution in [0.2, 0.25) is 0 Å². The Morgan fingerprint density at radius 2 is 2.00 bits per heavy atom. The van der Waals surface area contributed by atoms with Crippen LogP contribution in [0.3, 0.4) is 0 Å². The fraction of sp³-hybridized carbons (Fsp3) is 0.267. The van der Waals surface area contributed by atoms with E-state index in [2.05, 4.69) is 15.3 Å². The van der Waals surface area contributed by atoms with Crippen molar-refractivity contribution in [2.24, 2.45) is 0 Å². The van der Waals surface area contributed by atoms with E-state index in [1.807, 2.05) is 26.0 Å². The quantitative estimate of drug-likeness (QED) is 0.895. The average molecular weight is 271 g/mol. The zero-order valence-corrected chi connectivity index (χ0v) is 11.5. The molecule has 0 aliphatic carbocycles. The lowest BCUT2D eigenvalue weighted by Crippen LogP contribution is -2.30. The van der Waals surface area contributed by atoms with E-state index in [0.717, 1.165) is 11.3 Å². The summed E-state index contributed by atoms with van der Waals surface area (Å²) in [5.74, 6) is -0.530. The molecule has 0 saturated heterocycles. The van der Waals surface area contributed by atoms with Crippen LogP contribution in [0.5, 0.6) is 5.75 Å². The minimum absolute atomic E-state index is 0.0273. The Kier molecular flexibility index (Phi) is 4.30. The van der Waals surface area contributed by atoms with Gasteiger partial charge in [0.15, 0.2) is 5.69 Å². The zero-order valence-electron chi connectivity index (χ0n) is 11.5. The molecule has 2 aromatic heterocycles. The smallest absolute Gasteiger partial charge is 0.274 e. The SMILES string of the molecule is CC[C@@H](NC(=O)c1ncccc1O)c1ncccc1C. The monoisotopic (exact) mass is 271 g/mol. The number of aromatic hydroxyl groups is 1. The lowest BCUT2D eigenvalue weighted by Gasteiger charge is -2.18. The van der Waals surface area contributed by atoms with Crippen molar-refractivity contribution < 1.29 is 9.90 Å². The van der Waals surface area contributed by atoms with E-state index in [9.17, 15) is 9.90 Å². The highest BCUT2D eigenvalue weighted by atomic mass is 16.3. The third-order valence-electron chi connectivity index (χ3n) is 3.10. The molecule has 5 heteroatoms. The maximum Gasteiger partial charge on any atom is 0.274 e. The summed E-state index contributed by atoms with van der Waals surface area (Å²) in [7, 11) is 0. The van der Waals surface area contributed by atoms with Crippen molar-refractivity contribution in [2.45, 2.75) is 26.3 Å². The topological polar surface area (TPSA) is 75.1 Å². The third kappa shape index (κ3) is 2.93. The number of nitrogens with one attached hydrogen (secondary N) is 1. The second-order valence-corrected chi connectivity index (χ2v) is 4.51. The van der Waals surface area contributed by atoms with Gasteiger partial charge < -0.3 is 10.4 Å². The number of aromatic nitrogens is 2. The lowest BCUT2D eigenvalue weighted by atomic mass is 10.1. The molecule has 1 amide bonds. The summed E-state index contributed by atoms with van der Waals surface area (Å²) in [6.07, 6.45) is 3.88. The van der Waals surface area contributed by atoms with Gasteiger partial charge in [-0.1, -0.05) is 13.0 Å². The summed E-state index contributed by atoms with van der Waals surface area (Å²) in [4.78, 5) is 20.4. The van der Waals surface area contributed by atoms with Crippen LogP contribution in [0.15, 0.2) is 36.7 Å². The molecule has 0 unspecified atom stereocenters. The highest BCUT2D eigenvalue weighted by Gasteiger charge is 2.19. The first-order valence-electron chi connectivity index (χ1n) is 6.49. The Bertz CT molecular complexity index is 614. The fourth-order valence-electron chi connectivity index (χ4n) is 2.02. The van der Waals surface area contributed by atoms with E-state index >= 15 is 0 Å². The fourth-order valence-corrected chi connectivity index (χ4v) is 2.02. The van der Waals surface area contributed by atoms with Gasteiger partial charge in [0.1, 0.15) is 5.75 Å². The molecule has 0 radical (unpaired) electrons. The van der Waals surface area contributed by atoms with Crippen LogP contribution in [0.4, 0.5) is 0 Å². The van der Waals surface area contributed by atoms with Crippen LogP contribution < -0.4 is 5.32 Å². The first kappa shape index (κ1) is 14.0. The van der Waals surface area contributed by atoms with Gasteiger partial charge in [-0.05, 0) is 37.1 Å². The number of aryl methyl sites for hydroxylation is 1. The Morgan fingerprint density at radius 1 is 1.30 bits per heavy atom. The van der Waals surface area contributed by atoms with Gasteiger partial charge >= 0.3 is 0 Å². The van der Waals surface area contributed by atoms with Crippen molar-refractivity contribution in [1.82, 2.24) is 15.3 Å². The van der Waals surface area contributed by atoms with Gasteiger partial charge in [-0.25, -0.2) is 4.98 Å². The number of carbonyl (C=O) groups is 1. The predicted octanol–water partition coefficient (Wildman–Crippen LogP) is 2.37. The van der Waals surface area contributed by atoms with Crippen molar-refractivity contribution in [3.63, 3.8) is 0 Å². The molecule has 20 heavy (non-hydrogen) atoms. The van der Waals surface area contributed by atoms with Gasteiger partial charge in [-0.15, -0.1) is 0 Å². The number of hydrogen-bond acceptors (Lipinski definition) is 4. The molecule has 2 aromatic rings. The van der Waals surface area contributed by atoms with Gasteiger partial charge in [-0.2, -0.15) is 0 Å². The van der Waals surface area contributed by atoms with Crippen molar-refractivity contribution in [2.75, 3.05) is 0 Å². The standard InChI is InChI=1S/C15H17N3O2/c1-3-11(13-10(2)6-4-8-16-13)18-15(20)14-12(19)7-5-9-17-14/h4-9,11,19H,3H2,1-2H3,(H,18,20)/t11-/m1/s1. The minimum atomic E-state index is -0.403. The number of pyridine rings is 2. The molecule has 0 spiro atoms. The molecule has 0 bridgehead atoms. The van der Waals surface area contributed by atoms with Crippen molar-refractivity contribution in [1.29, 1.82) is 0 Å². The van der Waals surface area contributed by atoms with Crippen molar-refractivity contribution in [3.8, 4) is 5.75 Å². The molecule has 104 valence electrons. The molecule has 0 saturated carbocycles. The molecule has 0 aromatic carbocycles. The molecule has 0 aliphatic rings. The van der Waals surface area contributed by atoms with Gasteiger partial charge in [0.2, 0.25) is 0 Å².